The zero-order valence-corrected chi connectivity index (χ0v) is 34.9. The Hall–Kier alpha value is -3.55. The molecule has 4 heterocycles. The van der Waals surface area contributed by atoms with E-state index in [1.807, 2.05) is 77.2 Å². The molecule has 0 bridgehead atoms. The fourth-order valence-electron chi connectivity index (χ4n) is 6.35. The van der Waals surface area contributed by atoms with Gasteiger partial charge >= 0.3 is 120 Å². The molecule has 3 nitrogen and oxygen atoms in total. The molecule has 0 aliphatic heterocycles. The number of nitrogens with zero attached hydrogens (tertiary/aromatic N) is 3. The summed E-state index contributed by atoms with van der Waals surface area (Å²) in [6.45, 7) is 7.65. The van der Waals surface area contributed by atoms with Crippen molar-refractivity contribution in [1.82, 2.24) is 15.0 Å². The molecule has 1 radical (unpaired) electrons. The van der Waals surface area contributed by atoms with Crippen LogP contribution in [0.5, 0.6) is 0 Å². The second kappa shape index (κ2) is 15.4. The minimum Gasteiger partial charge on any atom is -0.302 e. The van der Waals surface area contributed by atoms with Crippen molar-refractivity contribution in [3.05, 3.63) is 131 Å². The molecular weight excluding hydrogens is 874 g/mol. The smallest absolute Gasteiger partial charge is 0.147 e. The van der Waals surface area contributed by atoms with Crippen molar-refractivity contribution in [1.29, 1.82) is 0 Å². The molecule has 0 aliphatic carbocycles. The third-order valence-corrected chi connectivity index (χ3v) is 14.0. The molecule has 0 spiro atoms. The van der Waals surface area contributed by atoms with Gasteiger partial charge in [0.05, 0.1) is 6.20 Å². The molecule has 0 aliphatic rings. The van der Waals surface area contributed by atoms with Crippen LogP contribution in [0.2, 0.25) is 17.3 Å². The Kier molecular flexibility index (Phi) is 9.95. The van der Waals surface area contributed by atoms with Crippen molar-refractivity contribution in [3.63, 3.8) is 0 Å². The van der Waals surface area contributed by atoms with Crippen molar-refractivity contribution in [2.75, 3.05) is 0 Å². The molecule has 7 aromatic rings. The summed E-state index contributed by atoms with van der Waals surface area (Å²) in [6, 6.07) is 29.4. The van der Waals surface area contributed by atoms with Crippen molar-refractivity contribution in [3.8, 4) is 33.6 Å². The Morgan fingerprint density at radius 3 is 2.26 bits per heavy atom. The van der Waals surface area contributed by atoms with Crippen LogP contribution < -0.4 is 4.40 Å². The molecule has 0 fully saturated rings. The molecule has 7 heteroatoms. The molecule has 0 atom stereocenters. The van der Waals surface area contributed by atoms with E-state index in [0.717, 1.165) is 60.1 Å². The van der Waals surface area contributed by atoms with Crippen molar-refractivity contribution in [2.45, 2.75) is 64.6 Å². The van der Waals surface area contributed by atoms with Gasteiger partial charge in [0.2, 0.25) is 0 Å². The molecule has 0 saturated carbocycles. The molecule has 0 saturated heterocycles. The third-order valence-electron chi connectivity index (χ3n) is 8.59. The van der Waals surface area contributed by atoms with E-state index >= 15 is 0 Å². The van der Waals surface area contributed by atoms with E-state index in [0.29, 0.717) is 16.1 Å². The number of pyridine rings is 3. The molecular formula is C43H42FGeIrN3S-2. The standard InChI is InChI=1S/C26H20FN2S.C17H22GeN.Ir/c1-14-10-15(2)24(16(3)11-14)21-12-23(28-13-22(21)27)20-7-5-6-18-19-9-8-17(4)29-26(19)30-25(18)20;1-13(2)15-11-17(14-9-7-6-8-10-14)19-12-16(15)18(3,4)5;/h5-6,8-13H,1-4H3;6-9,11-13H,1-5H3;/q2*-1;/i4D3;13D;. The topological polar surface area (TPSA) is 38.7 Å². The summed E-state index contributed by atoms with van der Waals surface area (Å²) in [5.41, 5.74) is 8.97. The van der Waals surface area contributed by atoms with Crippen LogP contribution in [0.25, 0.3) is 53.9 Å². The van der Waals surface area contributed by atoms with E-state index in [2.05, 4.69) is 62.6 Å². The molecule has 4 aromatic heterocycles. The summed E-state index contributed by atoms with van der Waals surface area (Å²) in [4.78, 5) is 14.0. The van der Waals surface area contributed by atoms with Gasteiger partial charge in [-0.2, -0.15) is 11.3 Å². The van der Waals surface area contributed by atoms with Gasteiger partial charge in [0, 0.05) is 35.5 Å². The van der Waals surface area contributed by atoms with Gasteiger partial charge in [0.15, 0.2) is 0 Å². The Morgan fingerprint density at radius 2 is 1.60 bits per heavy atom. The van der Waals surface area contributed by atoms with E-state index in [-0.39, 0.29) is 31.6 Å². The van der Waals surface area contributed by atoms with Crippen LogP contribution in [0.4, 0.5) is 4.39 Å². The van der Waals surface area contributed by atoms with Crippen LogP contribution in [-0.4, -0.2) is 28.2 Å². The second-order valence-corrected chi connectivity index (χ2v) is 25.3. The van der Waals surface area contributed by atoms with Gasteiger partial charge in [-0.25, -0.2) is 9.37 Å². The van der Waals surface area contributed by atoms with Gasteiger partial charge in [0.25, 0.3) is 0 Å². The Labute approximate surface area is 321 Å². The summed E-state index contributed by atoms with van der Waals surface area (Å²) in [6.07, 6.45) is 3.26. The van der Waals surface area contributed by atoms with Crippen molar-refractivity contribution in [2.24, 2.45) is 0 Å². The second-order valence-electron chi connectivity index (χ2n) is 13.7. The maximum absolute atomic E-state index is 14.9. The monoisotopic (exact) mass is 922 g/mol. The fraction of sp³-hybridized carbons (Fsp3) is 0.233. The first-order valence-corrected chi connectivity index (χ1v) is 24.5. The fourth-order valence-corrected chi connectivity index (χ4v) is 10.8. The van der Waals surface area contributed by atoms with Crippen molar-refractivity contribution < 1.29 is 30.0 Å². The summed E-state index contributed by atoms with van der Waals surface area (Å²) < 4.78 is 48.6. The predicted molar refractivity (Wildman–Crippen MR) is 209 cm³/mol. The van der Waals surface area contributed by atoms with Gasteiger partial charge < -0.3 is 4.98 Å². The predicted octanol–water partition coefficient (Wildman–Crippen LogP) is 11.6. The quantitative estimate of drug-likeness (QED) is 0.128. The van der Waals surface area contributed by atoms with Crippen LogP contribution in [0.1, 0.15) is 53.2 Å². The van der Waals surface area contributed by atoms with Crippen LogP contribution in [0.3, 0.4) is 0 Å². The summed E-state index contributed by atoms with van der Waals surface area (Å²) in [5, 5.41) is 1.83. The maximum atomic E-state index is 14.9. The van der Waals surface area contributed by atoms with Crippen molar-refractivity contribution >= 4 is 49.3 Å². The average molecular weight is 921 g/mol. The Morgan fingerprint density at radius 1 is 0.860 bits per heavy atom. The molecule has 0 N–H and O–H groups in total. The number of thiophene rings is 1. The van der Waals surface area contributed by atoms with Crippen LogP contribution >= 0.6 is 11.3 Å². The number of aromatic nitrogens is 3. The number of halogens is 1. The Balaban J connectivity index is 0.000000230. The summed E-state index contributed by atoms with van der Waals surface area (Å²) in [5.74, 6) is 6.07. The molecule has 0 amide bonds. The van der Waals surface area contributed by atoms with Gasteiger partial charge in [-0.3, -0.25) is 0 Å². The normalized spacial score (nSPS) is 13.1. The number of fused-ring (bicyclic) bond motifs is 3. The van der Waals surface area contributed by atoms with E-state index < -0.39 is 26.0 Å². The largest absolute Gasteiger partial charge is 0.302 e. The average Bonchev–Trinajstić information content (AvgIpc) is 3.46. The minimum absolute atomic E-state index is 0. The summed E-state index contributed by atoms with van der Waals surface area (Å²) in [7, 11) is 0. The number of benzene rings is 3. The number of aryl methyl sites for hydroxylation is 4. The number of hydrogen-bond donors (Lipinski definition) is 0. The number of hydrogen-bond acceptors (Lipinski definition) is 4. The van der Waals surface area contributed by atoms with E-state index in [1.54, 1.807) is 18.2 Å². The van der Waals surface area contributed by atoms with E-state index in [9.17, 15) is 4.39 Å². The maximum Gasteiger partial charge on any atom is 0.147 e. The summed E-state index contributed by atoms with van der Waals surface area (Å²) >= 11 is -0.624. The Bertz CT molecular complexity index is 2450. The molecule has 257 valence electrons. The first-order valence-electron chi connectivity index (χ1n) is 18.3. The zero-order chi connectivity index (χ0) is 38.5. The van der Waals surface area contributed by atoms with Gasteiger partial charge in [-0.1, -0.05) is 35.2 Å². The van der Waals surface area contributed by atoms with Gasteiger partial charge in [0.1, 0.15) is 10.6 Å². The first kappa shape index (κ1) is 32.4. The zero-order valence-electron chi connectivity index (χ0n) is 33.5. The molecule has 50 heavy (non-hydrogen) atoms. The van der Waals surface area contributed by atoms with Crippen LogP contribution in [0.15, 0.2) is 85.2 Å². The minimum atomic E-state index is -2.27. The van der Waals surface area contributed by atoms with Crippen LogP contribution in [0, 0.1) is 45.6 Å². The van der Waals surface area contributed by atoms with E-state index in [4.69, 9.17) is 5.48 Å². The van der Waals surface area contributed by atoms with Gasteiger partial charge in [-0.05, 0) is 66.2 Å². The molecule has 7 rings (SSSR count). The third kappa shape index (κ3) is 7.84. The molecule has 3 aromatic carbocycles. The number of rotatable bonds is 5. The SMILES string of the molecule is [2H]C(C)(C)c1cc(-c2[c-]cccc2)nc[c]1[Ge]([CH3])([CH3])[CH3].[2H]C([2H])([2H])c1ccc2c(n1)sc1c(-c3cc(-c4c(C)cc(C)cc4C)c(F)cn3)[c-]ccc12.[Ir]. The van der Waals surface area contributed by atoms with Crippen LogP contribution in [-0.2, 0) is 20.1 Å². The van der Waals surface area contributed by atoms with E-state index in [1.165, 1.54) is 21.9 Å². The van der Waals surface area contributed by atoms with Gasteiger partial charge in [-0.15, -0.1) is 23.8 Å². The first-order chi connectivity index (χ1) is 24.8. The molecule has 0 unspecified atom stereocenters.